The first kappa shape index (κ1) is 25.9. The van der Waals surface area contributed by atoms with Gasteiger partial charge in [0.2, 0.25) is 0 Å². The number of hydrogen-bond acceptors (Lipinski definition) is 6. The molecular weight excluding hydrogens is 432 g/mol. The molecule has 176 valence electrons. The molecule has 0 amide bonds. The molecule has 0 saturated carbocycles. The van der Waals surface area contributed by atoms with Gasteiger partial charge < -0.3 is 18.9 Å². The fourth-order valence-electron chi connectivity index (χ4n) is 2.68. The van der Waals surface area contributed by atoms with Crippen LogP contribution in [-0.4, -0.2) is 38.4 Å². The summed E-state index contributed by atoms with van der Waals surface area (Å²) in [4.78, 5) is 21.5. The number of benzene rings is 3. The van der Waals surface area contributed by atoms with Gasteiger partial charge in [0.1, 0.15) is 37.9 Å². The van der Waals surface area contributed by atoms with Gasteiger partial charge in [0.05, 0.1) is 0 Å². The number of carbonyl (C=O) groups is 2. The third-order valence-corrected chi connectivity index (χ3v) is 4.23. The zero-order chi connectivity index (χ0) is 24.4. The number of rotatable bonds is 11. The SMILES string of the molecule is C=CC(=O)OCCOc1ccccc1.C=CC(=O)OCCOc1ccccc1-c1ccccc1. The lowest BCUT2D eigenvalue weighted by molar-refractivity contribution is -0.139. The number of ether oxygens (including phenoxy) is 4. The maximum Gasteiger partial charge on any atom is 0.330 e. The molecule has 0 atom stereocenters. The van der Waals surface area contributed by atoms with E-state index in [0.717, 1.165) is 34.8 Å². The topological polar surface area (TPSA) is 71.1 Å². The van der Waals surface area contributed by atoms with E-state index in [9.17, 15) is 9.59 Å². The zero-order valence-electron chi connectivity index (χ0n) is 18.9. The normalized spacial score (nSPS) is 9.53. The average Bonchev–Trinajstić information content (AvgIpc) is 2.90. The van der Waals surface area contributed by atoms with Crippen LogP contribution in [0.4, 0.5) is 0 Å². The summed E-state index contributed by atoms with van der Waals surface area (Å²) in [5, 5.41) is 0. The van der Waals surface area contributed by atoms with Crippen molar-refractivity contribution in [2.45, 2.75) is 0 Å². The molecule has 0 saturated heterocycles. The van der Waals surface area contributed by atoms with Crippen molar-refractivity contribution in [1.82, 2.24) is 0 Å². The van der Waals surface area contributed by atoms with Crippen LogP contribution in [0.15, 0.2) is 110 Å². The first-order chi connectivity index (χ1) is 16.6. The van der Waals surface area contributed by atoms with Gasteiger partial charge in [-0.15, -0.1) is 0 Å². The Labute approximate surface area is 200 Å². The van der Waals surface area contributed by atoms with Gasteiger partial charge in [-0.05, 0) is 23.8 Å². The van der Waals surface area contributed by atoms with E-state index < -0.39 is 11.9 Å². The Balaban J connectivity index is 0.000000257. The monoisotopic (exact) mass is 460 g/mol. The minimum Gasteiger partial charge on any atom is -0.490 e. The fourth-order valence-corrected chi connectivity index (χ4v) is 2.68. The highest BCUT2D eigenvalue weighted by Crippen LogP contribution is 2.29. The minimum absolute atomic E-state index is 0.202. The standard InChI is InChI=1S/C17H16O3.C11H12O3/c1-2-17(18)20-13-12-19-16-11-7-6-10-15(16)14-8-4-3-5-9-14;1-2-11(12)14-9-8-13-10-6-4-3-5-7-10/h2-11H,1,12-13H2;2-7H,1,8-9H2. The highest BCUT2D eigenvalue weighted by molar-refractivity contribution is 5.81. The second-order valence-corrected chi connectivity index (χ2v) is 6.62. The van der Waals surface area contributed by atoms with Gasteiger partial charge in [0.25, 0.3) is 0 Å². The fraction of sp³-hybridized carbons (Fsp3) is 0.143. The van der Waals surface area contributed by atoms with Crippen LogP contribution in [0, 0.1) is 0 Å². The summed E-state index contributed by atoms with van der Waals surface area (Å²) in [6.07, 6.45) is 2.26. The predicted molar refractivity (Wildman–Crippen MR) is 132 cm³/mol. The zero-order valence-corrected chi connectivity index (χ0v) is 18.9. The molecule has 0 heterocycles. The highest BCUT2D eigenvalue weighted by atomic mass is 16.6. The van der Waals surface area contributed by atoms with Crippen LogP contribution in [0.3, 0.4) is 0 Å². The van der Waals surface area contributed by atoms with Crippen LogP contribution in [0.2, 0.25) is 0 Å². The van der Waals surface area contributed by atoms with E-state index in [0.29, 0.717) is 13.2 Å². The van der Waals surface area contributed by atoms with Crippen molar-refractivity contribution < 1.29 is 28.5 Å². The Morgan fingerprint density at radius 1 is 0.618 bits per heavy atom. The van der Waals surface area contributed by atoms with Gasteiger partial charge in [-0.1, -0.05) is 79.9 Å². The summed E-state index contributed by atoms with van der Waals surface area (Å²) < 4.78 is 20.6. The summed E-state index contributed by atoms with van der Waals surface area (Å²) in [6, 6.07) is 27.1. The molecule has 0 aliphatic carbocycles. The van der Waals surface area contributed by atoms with Crippen molar-refractivity contribution in [3.8, 4) is 22.6 Å². The smallest absolute Gasteiger partial charge is 0.330 e. The molecule has 0 N–H and O–H groups in total. The molecule has 0 unspecified atom stereocenters. The average molecular weight is 461 g/mol. The summed E-state index contributed by atoms with van der Waals surface area (Å²) in [7, 11) is 0. The van der Waals surface area contributed by atoms with Gasteiger partial charge in [-0.3, -0.25) is 0 Å². The lowest BCUT2D eigenvalue weighted by Crippen LogP contribution is -2.10. The molecular formula is C28H28O6. The second-order valence-electron chi connectivity index (χ2n) is 6.62. The van der Waals surface area contributed by atoms with Crippen molar-refractivity contribution >= 4 is 11.9 Å². The van der Waals surface area contributed by atoms with Gasteiger partial charge in [0.15, 0.2) is 0 Å². The molecule has 0 spiro atoms. The van der Waals surface area contributed by atoms with Crippen LogP contribution in [0.25, 0.3) is 11.1 Å². The molecule has 0 aliphatic rings. The Kier molecular flexibility index (Phi) is 11.8. The Morgan fingerprint density at radius 2 is 1.12 bits per heavy atom. The van der Waals surface area contributed by atoms with Crippen molar-refractivity contribution in [1.29, 1.82) is 0 Å². The highest BCUT2D eigenvalue weighted by Gasteiger charge is 2.05. The van der Waals surface area contributed by atoms with Gasteiger partial charge in [-0.25, -0.2) is 9.59 Å². The molecule has 0 aromatic heterocycles. The summed E-state index contributed by atoms with van der Waals surface area (Å²) in [5.74, 6) is 0.669. The van der Waals surface area contributed by atoms with Crippen molar-refractivity contribution in [2.24, 2.45) is 0 Å². The molecule has 0 aliphatic heterocycles. The molecule has 3 aromatic carbocycles. The van der Waals surface area contributed by atoms with E-state index >= 15 is 0 Å². The molecule has 34 heavy (non-hydrogen) atoms. The minimum atomic E-state index is -0.440. The Morgan fingerprint density at radius 3 is 1.71 bits per heavy atom. The van der Waals surface area contributed by atoms with E-state index in [1.54, 1.807) is 0 Å². The van der Waals surface area contributed by atoms with Crippen molar-refractivity contribution in [3.63, 3.8) is 0 Å². The lowest BCUT2D eigenvalue weighted by Gasteiger charge is -2.11. The maximum absolute atomic E-state index is 10.9. The number of hydrogen-bond donors (Lipinski definition) is 0. The predicted octanol–water partition coefficient (Wildman–Crippen LogP) is 5.26. The number of para-hydroxylation sites is 2. The summed E-state index contributed by atoms with van der Waals surface area (Å²) in [5.41, 5.74) is 2.11. The maximum atomic E-state index is 10.9. The van der Waals surface area contributed by atoms with Crippen molar-refractivity contribution in [2.75, 3.05) is 26.4 Å². The van der Waals surface area contributed by atoms with E-state index in [4.69, 9.17) is 18.9 Å². The van der Waals surface area contributed by atoms with E-state index in [1.165, 1.54) is 0 Å². The first-order valence-corrected chi connectivity index (χ1v) is 10.7. The first-order valence-electron chi connectivity index (χ1n) is 10.7. The Hall–Kier alpha value is -4.32. The largest absolute Gasteiger partial charge is 0.490 e. The lowest BCUT2D eigenvalue weighted by atomic mass is 10.1. The van der Waals surface area contributed by atoms with E-state index in [1.807, 2.05) is 84.9 Å². The van der Waals surface area contributed by atoms with Crippen LogP contribution >= 0.6 is 0 Å². The second kappa shape index (κ2) is 15.5. The van der Waals surface area contributed by atoms with Crippen LogP contribution in [0.5, 0.6) is 11.5 Å². The third-order valence-electron chi connectivity index (χ3n) is 4.23. The van der Waals surface area contributed by atoms with Crippen LogP contribution in [0.1, 0.15) is 0 Å². The van der Waals surface area contributed by atoms with Gasteiger partial charge in [0, 0.05) is 17.7 Å². The molecule has 0 fully saturated rings. The quantitative estimate of drug-likeness (QED) is 0.221. The molecule has 0 radical (unpaired) electrons. The number of esters is 2. The molecule has 3 aromatic rings. The molecule has 3 rings (SSSR count). The van der Waals surface area contributed by atoms with Crippen LogP contribution in [-0.2, 0) is 19.1 Å². The summed E-state index contributed by atoms with van der Waals surface area (Å²) >= 11 is 0. The van der Waals surface area contributed by atoms with E-state index in [2.05, 4.69) is 13.2 Å². The van der Waals surface area contributed by atoms with Gasteiger partial charge in [-0.2, -0.15) is 0 Å². The Bertz CT molecular complexity index is 1030. The van der Waals surface area contributed by atoms with E-state index in [-0.39, 0.29) is 13.2 Å². The van der Waals surface area contributed by atoms with Crippen molar-refractivity contribution in [3.05, 3.63) is 110 Å². The molecule has 6 nitrogen and oxygen atoms in total. The number of carbonyl (C=O) groups excluding carboxylic acids is 2. The molecule has 6 heteroatoms. The van der Waals surface area contributed by atoms with Gasteiger partial charge >= 0.3 is 11.9 Å². The summed E-state index contributed by atoms with van der Waals surface area (Å²) in [6.45, 7) is 7.72. The van der Waals surface area contributed by atoms with Crippen LogP contribution < -0.4 is 9.47 Å². The molecule has 0 bridgehead atoms. The third kappa shape index (κ3) is 9.87.